The number of hydrogen-bond acceptors (Lipinski definition) is 4. The van der Waals surface area contributed by atoms with E-state index in [1.807, 2.05) is 13.8 Å². The topological polar surface area (TPSA) is 44.8 Å². The number of hydrogen-bond donors (Lipinski definition) is 0. The highest BCUT2D eigenvalue weighted by atomic mass is 16.7. The fourth-order valence-electron chi connectivity index (χ4n) is 2.75. The molecule has 0 unspecified atom stereocenters. The van der Waals surface area contributed by atoms with Gasteiger partial charge in [0.15, 0.2) is 5.79 Å². The van der Waals surface area contributed by atoms with Gasteiger partial charge in [-0.05, 0) is 26.7 Å². The number of ether oxygens (including phenoxy) is 3. The Hall–Kier alpha value is -0.870. The molecule has 0 spiro atoms. The predicted octanol–water partition coefficient (Wildman–Crippen LogP) is 1.89. The molecule has 1 aliphatic carbocycles. The molecule has 0 aromatic rings. The van der Waals surface area contributed by atoms with Crippen molar-refractivity contribution in [2.45, 2.75) is 38.6 Å². The summed E-state index contributed by atoms with van der Waals surface area (Å²) in [7, 11) is 1.43. The Morgan fingerprint density at radius 3 is 2.71 bits per heavy atom. The maximum Gasteiger partial charge on any atom is 0.309 e. The highest BCUT2D eigenvalue weighted by molar-refractivity contribution is 5.73. The SMILES string of the molecule is C=C1C[C@H]([C@H]2COC(C)(C)O2)[C@@H](C(=O)OC)C1. The standard InChI is InChI=1S/C13H20O4/c1-8-5-9(10(6-8)12(14)15-4)11-7-16-13(2,3)17-11/h9-11H,1,5-7H2,2-4H3/t9-,10-,11+/m0/s1. The van der Waals surface area contributed by atoms with Gasteiger partial charge in [0.2, 0.25) is 0 Å². The number of carbonyl (C=O) groups is 1. The van der Waals surface area contributed by atoms with Crippen LogP contribution in [-0.2, 0) is 19.0 Å². The van der Waals surface area contributed by atoms with Gasteiger partial charge >= 0.3 is 5.97 Å². The van der Waals surface area contributed by atoms with Crippen molar-refractivity contribution in [1.82, 2.24) is 0 Å². The van der Waals surface area contributed by atoms with Crippen LogP contribution in [-0.4, -0.2) is 31.6 Å². The van der Waals surface area contributed by atoms with Gasteiger partial charge in [-0.1, -0.05) is 12.2 Å². The fourth-order valence-corrected chi connectivity index (χ4v) is 2.75. The van der Waals surface area contributed by atoms with Crippen LogP contribution in [0.2, 0.25) is 0 Å². The van der Waals surface area contributed by atoms with Gasteiger partial charge in [-0.2, -0.15) is 0 Å². The van der Waals surface area contributed by atoms with Crippen molar-refractivity contribution >= 4 is 5.97 Å². The second kappa shape index (κ2) is 4.42. The first kappa shape index (κ1) is 12.6. The molecule has 0 amide bonds. The Bertz CT molecular complexity index is 334. The molecule has 2 aliphatic rings. The molecule has 0 radical (unpaired) electrons. The summed E-state index contributed by atoms with van der Waals surface area (Å²) in [6.45, 7) is 8.30. The average Bonchev–Trinajstić information content (AvgIpc) is 2.80. The van der Waals surface area contributed by atoms with E-state index >= 15 is 0 Å². The molecule has 0 bridgehead atoms. The fraction of sp³-hybridized carbons (Fsp3) is 0.769. The van der Waals surface area contributed by atoms with Crippen LogP contribution in [0.15, 0.2) is 12.2 Å². The summed E-state index contributed by atoms with van der Waals surface area (Å²) in [6, 6.07) is 0. The Balaban J connectivity index is 2.09. The van der Waals surface area contributed by atoms with Gasteiger partial charge < -0.3 is 14.2 Å². The average molecular weight is 240 g/mol. The molecule has 0 aromatic carbocycles. The summed E-state index contributed by atoms with van der Waals surface area (Å²) in [5.74, 6) is -0.705. The number of rotatable bonds is 2. The molecule has 1 aliphatic heterocycles. The van der Waals surface area contributed by atoms with Gasteiger partial charge in [0.1, 0.15) is 0 Å². The second-order valence-corrected chi connectivity index (χ2v) is 5.32. The molecule has 96 valence electrons. The number of esters is 1. The maximum absolute atomic E-state index is 11.7. The van der Waals surface area contributed by atoms with Crippen LogP contribution < -0.4 is 0 Å². The molecule has 1 saturated heterocycles. The molecule has 4 nitrogen and oxygen atoms in total. The number of methoxy groups -OCH3 is 1. The van der Waals surface area contributed by atoms with E-state index < -0.39 is 5.79 Å². The molecule has 0 aromatic heterocycles. The molecule has 4 heteroatoms. The summed E-state index contributed by atoms with van der Waals surface area (Å²) < 4.78 is 16.2. The van der Waals surface area contributed by atoms with E-state index in [1.54, 1.807) is 0 Å². The predicted molar refractivity (Wildman–Crippen MR) is 62.3 cm³/mol. The molecule has 2 fully saturated rings. The van der Waals surface area contributed by atoms with Crippen molar-refractivity contribution in [3.63, 3.8) is 0 Å². The summed E-state index contributed by atoms with van der Waals surface area (Å²) in [5.41, 5.74) is 1.10. The monoisotopic (exact) mass is 240 g/mol. The van der Waals surface area contributed by atoms with E-state index in [1.165, 1.54) is 7.11 Å². The van der Waals surface area contributed by atoms with E-state index in [0.717, 1.165) is 12.0 Å². The van der Waals surface area contributed by atoms with E-state index in [4.69, 9.17) is 14.2 Å². The lowest BCUT2D eigenvalue weighted by atomic mass is 9.91. The van der Waals surface area contributed by atoms with E-state index in [9.17, 15) is 4.79 Å². The third kappa shape index (κ3) is 2.53. The van der Waals surface area contributed by atoms with Crippen LogP contribution in [0.1, 0.15) is 26.7 Å². The summed E-state index contributed by atoms with van der Waals surface area (Å²) in [4.78, 5) is 11.7. The van der Waals surface area contributed by atoms with Gasteiger partial charge in [0.25, 0.3) is 0 Å². The minimum Gasteiger partial charge on any atom is -0.469 e. The van der Waals surface area contributed by atoms with E-state index in [-0.39, 0.29) is 23.9 Å². The van der Waals surface area contributed by atoms with Crippen LogP contribution in [0, 0.1) is 11.8 Å². The van der Waals surface area contributed by atoms with Gasteiger partial charge in [-0.25, -0.2) is 0 Å². The third-order valence-corrected chi connectivity index (χ3v) is 3.56. The van der Waals surface area contributed by atoms with Crippen molar-refractivity contribution in [3.8, 4) is 0 Å². The maximum atomic E-state index is 11.7. The molecule has 17 heavy (non-hydrogen) atoms. The largest absolute Gasteiger partial charge is 0.469 e. The van der Waals surface area contributed by atoms with E-state index in [2.05, 4.69) is 6.58 Å². The Morgan fingerprint density at radius 1 is 1.47 bits per heavy atom. The zero-order chi connectivity index (χ0) is 12.6. The molecule has 0 N–H and O–H groups in total. The number of allylic oxidation sites excluding steroid dienone is 1. The Morgan fingerprint density at radius 2 is 2.18 bits per heavy atom. The minimum absolute atomic E-state index is 0.0339. The van der Waals surface area contributed by atoms with Crippen molar-refractivity contribution in [1.29, 1.82) is 0 Å². The Kier molecular flexibility index (Phi) is 3.27. The highest BCUT2D eigenvalue weighted by Crippen LogP contribution is 2.42. The number of carbonyl (C=O) groups excluding carboxylic acids is 1. The molecular formula is C13H20O4. The zero-order valence-corrected chi connectivity index (χ0v) is 10.7. The van der Waals surface area contributed by atoms with Crippen LogP contribution in [0.25, 0.3) is 0 Å². The lowest BCUT2D eigenvalue weighted by molar-refractivity contribution is -0.157. The van der Waals surface area contributed by atoms with Gasteiger partial charge in [0.05, 0.1) is 25.7 Å². The van der Waals surface area contributed by atoms with Crippen molar-refractivity contribution in [2.75, 3.05) is 13.7 Å². The summed E-state index contributed by atoms with van der Waals surface area (Å²) in [6.07, 6.45) is 1.50. The van der Waals surface area contributed by atoms with Crippen LogP contribution in [0.3, 0.4) is 0 Å². The quantitative estimate of drug-likeness (QED) is 0.546. The van der Waals surface area contributed by atoms with Crippen LogP contribution >= 0.6 is 0 Å². The van der Waals surface area contributed by atoms with Crippen molar-refractivity contribution in [3.05, 3.63) is 12.2 Å². The van der Waals surface area contributed by atoms with Crippen LogP contribution in [0.5, 0.6) is 0 Å². The summed E-state index contributed by atoms with van der Waals surface area (Å²) >= 11 is 0. The third-order valence-electron chi connectivity index (χ3n) is 3.56. The van der Waals surface area contributed by atoms with Crippen molar-refractivity contribution < 1.29 is 19.0 Å². The lowest BCUT2D eigenvalue weighted by Crippen LogP contribution is -2.32. The van der Waals surface area contributed by atoms with Crippen molar-refractivity contribution in [2.24, 2.45) is 11.8 Å². The first-order valence-corrected chi connectivity index (χ1v) is 5.99. The highest BCUT2D eigenvalue weighted by Gasteiger charge is 2.46. The molecule has 2 rings (SSSR count). The molecule has 1 heterocycles. The lowest BCUT2D eigenvalue weighted by Gasteiger charge is -2.24. The normalized spacial score (nSPS) is 36.2. The minimum atomic E-state index is -0.546. The second-order valence-electron chi connectivity index (χ2n) is 5.32. The van der Waals surface area contributed by atoms with Gasteiger partial charge in [0, 0.05) is 5.92 Å². The molecule has 1 saturated carbocycles. The van der Waals surface area contributed by atoms with Gasteiger partial charge in [-0.15, -0.1) is 0 Å². The first-order chi connectivity index (χ1) is 7.93. The Labute approximate surface area is 102 Å². The van der Waals surface area contributed by atoms with Gasteiger partial charge in [-0.3, -0.25) is 4.79 Å². The first-order valence-electron chi connectivity index (χ1n) is 5.99. The summed E-state index contributed by atoms with van der Waals surface area (Å²) in [5, 5.41) is 0. The molecular weight excluding hydrogens is 220 g/mol. The van der Waals surface area contributed by atoms with E-state index in [0.29, 0.717) is 13.0 Å². The molecule has 3 atom stereocenters. The smallest absolute Gasteiger partial charge is 0.309 e. The zero-order valence-electron chi connectivity index (χ0n) is 10.7. The van der Waals surface area contributed by atoms with Crippen LogP contribution in [0.4, 0.5) is 0 Å².